The third-order valence-electron chi connectivity index (χ3n) is 6.94. The first kappa shape index (κ1) is 24.9. The monoisotopic (exact) mass is 472 g/mol. The van der Waals surface area contributed by atoms with Crippen molar-refractivity contribution >= 4 is 30.3 Å². The molecule has 2 aliphatic heterocycles. The third kappa shape index (κ3) is 5.36. The second-order valence-electron chi connectivity index (χ2n) is 11.5. The summed E-state index contributed by atoms with van der Waals surface area (Å²) in [6, 6.07) is 5.47. The molecule has 0 bridgehead atoms. The Balaban J connectivity index is 1.50. The van der Waals surface area contributed by atoms with Crippen molar-refractivity contribution in [2.45, 2.75) is 90.6 Å². The lowest BCUT2D eigenvalue weighted by Gasteiger charge is -2.41. The van der Waals surface area contributed by atoms with E-state index in [2.05, 4.69) is 5.32 Å². The molecular formula is C25H37BN2O6. The molecule has 1 atom stereocenters. The van der Waals surface area contributed by atoms with Crippen LogP contribution in [0.15, 0.2) is 18.2 Å². The van der Waals surface area contributed by atoms with E-state index in [9.17, 15) is 9.59 Å². The van der Waals surface area contributed by atoms with E-state index in [0.29, 0.717) is 24.6 Å². The summed E-state index contributed by atoms with van der Waals surface area (Å²) in [7, 11) is -0.638. The second-order valence-corrected chi connectivity index (χ2v) is 11.5. The first-order valence-electron chi connectivity index (χ1n) is 12.2. The van der Waals surface area contributed by atoms with E-state index in [-0.39, 0.29) is 24.0 Å². The van der Waals surface area contributed by atoms with Crippen molar-refractivity contribution in [2.75, 3.05) is 18.5 Å². The quantitative estimate of drug-likeness (QED) is 0.636. The molecule has 3 aliphatic rings. The molecule has 1 N–H and O–H groups in total. The molecule has 4 rings (SSSR count). The topological polar surface area (TPSA) is 86.3 Å². The molecule has 8 nitrogen and oxygen atoms in total. The normalized spacial score (nSPS) is 23.3. The molecule has 0 aromatic heterocycles. The maximum Gasteiger partial charge on any atom is 0.498 e. The van der Waals surface area contributed by atoms with E-state index in [1.807, 2.05) is 66.7 Å². The lowest BCUT2D eigenvalue weighted by atomic mass is 9.78. The van der Waals surface area contributed by atoms with Crippen molar-refractivity contribution in [2.24, 2.45) is 5.92 Å². The molecule has 3 fully saturated rings. The van der Waals surface area contributed by atoms with Crippen LogP contribution in [0.4, 0.5) is 10.5 Å². The highest BCUT2D eigenvalue weighted by atomic mass is 16.7. The van der Waals surface area contributed by atoms with Gasteiger partial charge in [0.25, 0.3) is 0 Å². The largest absolute Gasteiger partial charge is 0.498 e. The van der Waals surface area contributed by atoms with Crippen molar-refractivity contribution < 1.29 is 28.4 Å². The Morgan fingerprint density at radius 2 is 1.76 bits per heavy atom. The minimum atomic E-state index is -0.638. The number of carbonyl (C=O) groups excluding carboxylic acids is 2. The van der Waals surface area contributed by atoms with Crippen LogP contribution in [-0.4, -0.2) is 60.0 Å². The van der Waals surface area contributed by atoms with Gasteiger partial charge in [-0.05, 0) is 85.9 Å². The Bertz CT molecular complexity index is 937. The van der Waals surface area contributed by atoms with E-state index in [0.717, 1.165) is 24.7 Å². The molecule has 1 saturated carbocycles. The van der Waals surface area contributed by atoms with E-state index in [1.165, 1.54) is 0 Å². The third-order valence-corrected chi connectivity index (χ3v) is 6.94. The van der Waals surface area contributed by atoms with Crippen molar-refractivity contribution in [3.63, 3.8) is 0 Å². The van der Waals surface area contributed by atoms with Gasteiger partial charge >= 0.3 is 13.2 Å². The highest BCUT2D eigenvalue weighted by Crippen LogP contribution is 2.38. The first-order valence-corrected chi connectivity index (χ1v) is 12.2. The van der Waals surface area contributed by atoms with Crippen molar-refractivity contribution in [1.82, 2.24) is 4.90 Å². The fourth-order valence-electron chi connectivity index (χ4n) is 3.86. The van der Waals surface area contributed by atoms with Gasteiger partial charge in [-0.15, -0.1) is 0 Å². The number of anilines is 1. The second kappa shape index (κ2) is 8.75. The Labute approximate surface area is 202 Å². The number of nitrogens with one attached hydrogen (secondary N) is 1. The number of hydrogen-bond donors (Lipinski definition) is 1. The van der Waals surface area contributed by atoms with Crippen molar-refractivity contribution in [1.29, 1.82) is 0 Å². The van der Waals surface area contributed by atoms with Gasteiger partial charge in [0.2, 0.25) is 5.91 Å². The summed E-state index contributed by atoms with van der Waals surface area (Å²) in [6.07, 6.45) is 2.40. The summed E-state index contributed by atoms with van der Waals surface area (Å²) in [6.45, 7) is 14.6. The van der Waals surface area contributed by atoms with Crippen LogP contribution in [0, 0.1) is 5.92 Å². The van der Waals surface area contributed by atoms with Crippen LogP contribution in [-0.2, 0) is 18.8 Å². The summed E-state index contributed by atoms with van der Waals surface area (Å²) in [5, 5.41) is 2.99. The van der Waals surface area contributed by atoms with E-state index >= 15 is 0 Å². The lowest BCUT2D eigenvalue weighted by molar-refractivity contribution is -0.117. The van der Waals surface area contributed by atoms with E-state index in [1.54, 1.807) is 4.90 Å². The Morgan fingerprint density at radius 1 is 1.12 bits per heavy atom. The zero-order chi connectivity index (χ0) is 24.9. The van der Waals surface area contributed by atoms with Crippen LogP contribution in [0.2, 0.25) is 0 Å². The fourth-order valence-corrected chi connectivity index (χ4v) is 3.86. The van der Waals surface area contributed by atoms with Crippen LogP contribution in [0.3, 0.4) is 0 Å². The maximum atomic E-state index is 12.5. The number of rotatable bonds is 6. The molecule has 2 saturated heterocycles. The van der Waals surface area contributed by atoms with Crippen LogP contribution in [0.5, 0.6) is 5.75 Å². The van der Waals surface area contributed by atoms with Crippen LogP contribution < -0.4 is 15.5 Å². The molecule has 1 aromatic carbocycles. The number of benzene rings is 1. The average molecular weight is 472 g/mol. The average Bonchev–Trinajstić information content (AvgIpc) is 3.47. The summed E-state index contributed by atoms with van der Waals surface area (Å²) in [5.74, 6) is 0.753. The van der Waals surface area contributed by atoms with Crippen LogP contribution >= 0.6 is 0 Å². The fraction of sp³-hybridized carbons (Fsp3) is 0.680. The summed E-state index contributed by atoms with van der Waals surface area (Å²) < 4.78 is 24.2. The van der Waals surface area contributed by atoms with Gasteiger partial charge in [0, 0.05) is 23.6 Å². The molecule has 0 spiro atoms. The Morgan fingerprint density at radius 3 is 2.29 bits per heavy atom. The van der Waals surface area contributed by atoms with E-state index < -0.39 is 23.9 Å². The van der Waals surface area contributed by atoms with Crippen LogP contribution in [0.1, 0.15) is 67.7 Å². The molecule has 1 aliphatic carbocycles. The predicted molar refractivity (Wildman–Crippen MR) is 130 cm³/mol. The SMILES string of the molecule is CC(C)(C)OC(=O)N1CC[C@@H]1COc1ccc(NC(=O)C2CC2)cc1B1OC(C)(C)C(C)(C)O1. The predicted octanol–water partition coefficient (Wildman–Crippen LogP) is 3.72. The lowest BCUT2D eigenvalue weighted by Crippen LogP contribution is -2.55. The Kier molecular flexibility index (Phi) is 6.40. The summed E-state index contributed by atoms with van der Waals surface area (Å²) in [4.78, 5) is 26.5. The van der Waals surface area contributed by atoms with Gasteiger partial charge < -0.3 is 29.0 Å². The van der Waals surface area contributed by atoms with Gasteiger partial charge in [-0.2, -0.15) is 0 Å². The number of carbonyl (C=O) groups is 2. The van der Waals surface area contributed by atoms with Crippen molar-refractivity contribution in [3.8, 4) is 5.75 Å². The van der Waals surface area contributed by atoms with Gasteiger partial charge in [-0.25, -0.2) is 4.79 Å². The highest BCUT2D eigenvalue weighted by molar-refractivity contribution is 6.63. The molecule has 0 radical (unpaired) electrons. The zero-order valence-corrected chi connectivity index (χ0v) is 21.4. The van der Waals surface area contributed by atoms with Gasteiger partial charge in [-0.3, -0.25) is 4.79 Å². The van der Waals surface area contributed by atoms with Gasteiger partial charge in [0.05, 0.1) is 17.2 Å². The summed E-state index contributed by atoms with van der Waals surface area (Å²) >= 11 is 0. The maximum absolute atomic E-state index is 12.5. The molecule has 186 valence electrons. The first-order chi connectivity index (χ1) is 15.8. The highest BCUT2D eigenvalue weighted by Gasteiger charge is 2.52. The van der Waals surface area contributed by atoms with Crippen molar-refractivity contribution in [3.05, 3.63) is 18.2 Å². The standard InChI is InChI=1S/C25H37BN2O6/c1-23(2,3)32-22(30)28-13-12-18(28)15-31-20-11-10-17(27-21(29)16-8-9-16)14-19(20)26-33-24(4,5)25(6,7)34-26/h10-11,14,16,18H,8-9,12-13,15H2,1-7H3,(H,27,29)/t18-/m1/s1. The van der Waals surface area contributed by atoms with Crippen LogP contribution in [0.25, 0.3) is 0 Å². The zero-order valence-electron chi connectivity index (χ0n) is 21.4. The number of ether oxygens (including phenoxy) is 2. The van der Waals surface area contributed by atoms with E-state index in [4.69, 9.17) is 18.8 Å². The molecule has 2 amide bonds. The summed E-state index contributed by atoms with van der Waals surface area (Å²) in [5.41, 5.74) is -0.154. The number of hydrogen-bond acceptors (Lipinski definition) is 6. The molecule has 2 heterocycles. The molecular weight excluding hydrogens is 435 g/mol. The molecule has 34 heavy (non-hydrogen) atoms. The van der Waals surface area contributed by atoms with Gasteiger partial charge in [0.1, 0.15) is 18.0 Å². The smallest absolute Gasteiger partial charge is 0.492 e. The number of amides is 2. The molecule has 9 heteroatoms. The molecule has 0 unspecified atom stereocenters. The van der Waals surface area contributed by atoms with Gasteiger partial charge in [-0.1, -0.05) is 0 Å². The number of nitrogens with zero attached hydrogens (tertiary/aromatic N) is 1. The minimum absolute atomic E-state index is 0.0380. The Hall–Kier alpha value is -2.26. The molecule has 1 aromatic rings. The minimum Gasteiger partial charge on any atom is -0.492 e. The van der Waals surface area contributed by atoms with Gasteiger partial charge in [0.15, 0.2) is 0 Å². The number of likely N-dealkylation sites (tertiary alicyclic amines) is 1.